The van der Waals surface area contributed by atoms with Crippen molar-refractivity contribution < 1.29 is 4.79 Å². The molecule has 5 nitrogen and oxygen atoms in total. The van der Waals surface area contributed by atoms with E-state index in [0.29, 0.717) is 29.4 Å². The first-order chi connectivity index (χ1) is 8.66. The molecule has 1 aromatic heterocycles. The Labute approximate surface area is 110 Å². The normalized spacial score (nSPS) is 10.3. The molecule has 1 heterocycles. The summed E-state index contributed by atoms with van der Waals surface area (Å²) in [4.78, 5) is 15.7. The monoisotopic (exact) mass is 264 g/mol. The lowest BCUT2D eigenvalue weighted by Crippen LogP contribution is -2.27. The zero-order chi connectivity index (χ0) is 13.0. The lowest BCUT2D eigenvalue weighted by atomic mass is 10.2. The van der Waals surface area contributed by atoms with Crippen LogP contribution in [0.2, 0.25) is 5.02 Å². The molecule has 0 saturated carbocycles. The summed E-state index contributed by atoms with van der Waals surface area (Å²) in [6.45, 7) is 1.20. The third kappa shape index (κ3) is 3.01. The quantitative estimate of drug-likeness (QED) is 0.823. The van der Waals surface area contributed by atoms with E-state index in [9.17, 15) is 4.79 Å². The van der Waals surface area contributed by atoms with Crippen molar-refractivity contribution in [2.75, 3.05) is 12.3 Å². The summed E-state index contributed by atoms with van der Waals surface area (Å²) >= 11 is 5.79. The third-order valence-electron chi connectivity index (χ3n) is 2.47. The van der Waals surface area contributed by atoms with Gasteiger partial charge in [-0.25, -0.2) is 4.98 Å². The van der Waals surface area contributed by atoms with Gasteiger partial charge in [0.25, 0.3) is 5.91 Å². The van der Waals surface area contributed by atoms with Crippen molar-refractivity contribution in [2.24, 2.45) is 0 Å². The molecule has 0 radical (unpaired) electrons. The van der Waals surface area contributed by atoms with Crippen LogP contribution in [0.15, 0.2) is 36.9 Å². The summed E-state index contributed by atoms with van der Waals surface area (Å²) in [5.41, 5.74) is 6.54. The molecule has 2 aromatic rings. The van der Waals surface area contributed by atoms with Crippen LogP contribution in [-0.4, -0.2) is 22.0 Å². The summed E-state index contributed by atoms with van der Waals surface area (Å²) in [6.07, 6.45) is 5.24. The largest absolute Gasteiger partial charge is 0.398 e. The van der Waals surface area contributed by atoms with E-state index < -0.39 is 0 Å². The smallest absolute Gasteiger partial charge is 0.251 e. The van der Waals surface area contributed by atoms with Crippen molar-refractivity contribution in [1.82, 2.24) is 14.9 Å². The fourth-order valence-electron chi connectivity index (χ4n) is 1.50. The van der Waals surface area contributed by atoms with Crippen molar-refractivity contribution in [3.05, 3.63) is 47.5 Å². The van der Waals surface area contributed by atoms with Crippen LogP contribution in [-0.2, 0) is 6.54 Å². The van der Waals surface area contributed by atoms with Crippen molar-refractivity contribution in [3.8, 4) is 0 Å². The number of carbonyl (C=O) groups excluding carboxylic acids is 1. The Kier molecular flexibility index (Phi) is 3.84. The van der Waals surface area contributed by atoms with E-state index in [2.05, 4.69) is 10.3 Å². The molecule has 2 rings (SSSR count). The lowest BCUT2D eigenvalue weighted by molar-refractivity contribution is 0.0952. The van der Waals surface area contributed by atoms with E-state index in [1.165, 1.54) is 0 Å². The molecular weight excluding hydrogens is 252 g/mol. The maximum Gasteiger partial charge on any atom is 0.251 e. The molecular formula is C12H13ClN4O. The first-order valence-electron chi connectivity index (χ1n) is 5.46. The van der Waals surface area contributed by atoms with Gasteiger partial charge in [-0.05, 0) is 18.2 Å². The van der Waals surface area contributed by atoms with Crippen LogP contribution in [0.3, 0.4) is 0 Å². The summed E-state index contributed by atoms with van der Waals surface area (Å²) in [7, 11) is 0. The van der Waals surface area contributed by atoms with Crippen LogP contribution in [0.1, 0.15) is 10.4 Å². The number of nitrogens with zero attached hydrogens (tertiary/aromatic N) is 2. The highest BCUT2D eigenvalue weighted by Crippen LogP contribution is 2.19. The highest BCUT2D eigenvalue weighted by atomic mass is 35.5. The fraction of sp³-hybridized carbons (Fsp3) is 0.167. The van der Waals surface area contributed by atoms with Gasteiger partial charge in [0.15, 0.2) is 0 Å². The van der Waals surface area contributed by atoms with Gasteiger partial charge in [0.05, 0.1) is 17.0 Å². The average Bonchev–Trinajstić information content (AvgIpc) is 2.85. The van der Waals surface area contributed by atoms with E-state index in [1.807, 2.05) is 10.8 Å². The van der Waals surface area contributed by atoms with Gasteiger partial charge >= 0.3 is 0 Å². The number of carbonyl (C=O) groups is 1. The predicted molar refractivity (Wildman–Crippen MR) is 70.4 cm³/mol. The van der Waals surface area contributed by atoms with E-state index in [0.717, 1.165) is 0 Å². The highest BCUT2D eigenvalue weighted by molar-refractivity contribution is 6.33. The highest BCUT2D eigenvalue weighted by Gasteiger charge is 2.06. The van der Waals surface area contributed by atoms with E-state index >= 15 is 0 Å². The number of aromatic nitrogens is 2. The minimum Gasteiger partial charge on any atom is -0.398 e. The van der Waals surface area contributed by atoms with Crippen molar-refractivity contribution in [1.29, 1.82) is 0 Å². The Morgan fingerprint density at radius 2 is 2.33 bits per heavy atom. The van der Waals surface area contributed by atoms with Gasteiger partial charge in [-0.2, -0.15) is 0 Å². The van der Waals surface area contributed by atoms with Gasteiger partial charge in [-0.3, -0.25) is 4.79 Å². The number of anilines is 1. The van der Waals surface area contributed by atoms with Crippen LogP contribution < -0.4 is 11.1 Å². The predicted octanol–water partition coefficient (Wildman–Crippen LogP) is 1.55. The van der Waals surface area contributed by atoms with Crippen LogP contribution in [0.25, 0.3) is 0 Å². The molecule has 0 spiro atoms. The van der Waals surface area contributed by atoms with Gasteiger partial charge in [0, 0.05) is 31.0 Å². The number of nitrogen functional groups attached to an aromatic ring is 1. The van der Waals surface area contributed by atoms with Crippen LogP contribution >= 0.6 is 11.6 Å². The second kappa shape index (κ2) is 5.55. The van der Waals surface area contributed by atoms with Crippen LogP contribution in [0.5, 0.6) is 0 Å². The van der Waals surface area contributed by atoms with Gasteiger partial charge in [-0.1, -0.05) is 11.6 Å². The van der Waals surface area contributed by atoms with Gasteiger partial charge in [0.1, 0.15) is 0 Å². The fourth-order valence-corrected chi connectivity index (χ4v) is 1.62. The number of nitrogens with one attached hydrogen (secondary N) is 1. The molecule has 18 heavy (non-hydrogen) atoms. The third-order valence-corrected chi connectivity index (χ3v) is 2.82. The zero-order valence-electron chi connectivity index (χ0n) is 9.64. The number of rotatable bonds is 4. The summed E-state index contributed by atoms with van der Waals surface area (Å²) < 4.78 is 1.89. The first-order valence-corrected chi connectivity index (χ1v) is 5.83. The standard InChI is InChI=1S/C12H13ClN4O/c13-10-2-1-9(7-11(10)14)12(18)16-4-6-17-5-3-15-8-17/h1-3,5,7-8H,4,6,14H2,(H,16,18). The van der Waals surface area contributed by atoms with Crippen LogP contribution in [0, 0.1) is 0 Å². The lowest BCUT2D eigenvalue weighted by Gasteiger charge is -2.07. The molecule has 6 heteroatoms. The minimum atomic E-state index is -0.168. The summed E-state index contributed by atoms with van der Waals surface area (Å²) in [5, 5.41) is 3.25. The zero-order valence-corrected chi connectivity index (χ0v) is 10.4. The number of hydrogen-bond acceptors (Lipinski definition) is 3. The van der Waals surface area contributed by atoms with E-state index in [1.54, 1.807) is 30.7 Å². The molecule has 0 fully saturated rings. The molecule has 1 amide bonds. The van der Waals surface area contributed by atoms with Crippen molar-refractivity contribution in [3.63, 3.8) is 0 Å². The molecule has 0 aliphatic rings. The van der Waals surface area contributed by atoms with E-state index in [-0.39, 0.29) is 5.91 Å². The van der Waals surface area contributed by atoms with Gasteiger partial charge in [0.2, 0.25) is 0 Å². The molecule has 0 unspecified atom stereocenters. The van der Waals surface area contributed by atoms with Gasteiger partial charge < -0.3 is 15.6 Å². The number of nitrogens with two attached hydrogens (primary N) is 1. The Morgan fingerprint density at radius 1 is 1.50 bits per heavy atom. The molecule has 0 atom stereocenters. The molecule has 3 N–H and O–H groups in total. The maximum atomic E-state index is 11.8. The van der Waals surface area contributed by atoms with E-state index in [4.69, 9.17) is 17.3 Å². The Balaban J connectivity index is 1.89. The SMILES string of the molecule is Nc1cc(C(=O)NCCn2ccnc2)ccc1Cl. The molecule has 0 aliphatic heterocycles. The Hall–Kier alpha value is -2.01. The molecule has 1 aromatic carbocycles. The number of amides is 1. The topological polar surface area (TPSA) is 72.9 Å². The minimum absolute atomic E-state index is 0.168. The average molecular weight is 265 g/mol. The summed E-state index contributed by atoms with van der Waals surface area (Å²) in [6, 6.07) is 4.82. The molecule has 94 valence electrons. The molecule has 0 saturated heterocycles. The number of hydrogen-bond donors (Lipinski definition) is 2. The molecule has 0 aliphatic carbocycles. The second-order valence-corrected chi connectivity index (χ2v) is 4.20. The second-order valence-electron chi connectivity index (χ2n) is 3.79. The Morgan fingerprint density at radius 3 is 3.00 bits per heavy atom. The maximum absolute atomic E-state index is 11.8. The van der Waals surface area contributed by atoms with Crippen molar-refractivity contribution in [2.45, 2.75) is 6.54 Å². The Bertz CT molecular complexity index is 539. The van der Waals surface area contributed by atoms with Gasteiger partial charge in [-0.15, -0.1) is 0 Å². The first kappa shape index (κ1) is 12.4. The number of benzene rings is 1. The number of halogens is 1. The van der Waals surface area contributed by atoms with Crippen LogP contribution in [0.4, 0.5) is 5.69 Å². The molecule has 0 bridgehead atoms. The number of imidazole rings is 1. The van der Waals surface area contributed by atoms with Crippen molar-refractivity contribution >= 4 is 23.2 Å². The summed E-state index contributed by atoms with van der Waals surface area (Å²) in [5.74, 6) is -0.168.